The number of anilines is 1. The van der Waals surface area contributed by atoms with Crippen molar-refractivity contribution in [3.63, 3.8) is 0 Å². The molecule has 4 aromatic rings. The predicted molar refractivity (Wildman–Crippen MR) is 134 cm³/mol. The number of aromatic nitrogens is 2. The van der Waals surface area contributed by atoms with Crippen LogP contribution < -0.4 is 4.90 Å². The van der Waals surface area contributed by atoms with Crippen LogP contribution in [0.25, 0.3) is 22.2 Å². The van der Waals surface area contributed by atoms with Gasteiger partial charge >= 0.3 is 0 Å². The van der Waals surface area contributed by atoms with Crippen LogP contribution in [-0.4, -0.2) is 42.3 Å². The van der Waals surface area contributed by atoms with E-state index < -0.39 is 10.0 Å². The summed E-state index contributed by atoms with van der Waals surface area (Å²) in [4.78, 5) is 12.5. The molecule has 0 saturated carbocycles. The molecule has 2 aliphatic rings. The average molecular weight is 471 g/mol. The van der Waals surface area contributed by atoms with Gasteiger partial charge in [0.05, 0.1) is 10.6 Å². The molecule has 0 unspecified atom stereocenters. The van der Waals surface area contributed by atoms with Gasteiger partial charge in [0.15, 0.2) is 5.82 Å². The van der Waals surface area contributed by atoms with Gasteiger partial charge in [-0.3, -0.25) is 0 Å². The molecule has 0 amide bonds. The molecule has 34 heavy (non-hydrogen) atoms. The summed E-state index contributed by atoms with van der Waals surface area (Å²) in [6.45, 7) is 2.59. The molecule has 0 atom stereocenters. The van der Waals surface area contributed by atoms with Crippen LogP contribution >= 0.6 is 0 Å². The number of benzene rings is 3. The Labute approximate surface area is 199 Å². The Kier molecular flexibility index (Phi) is 5.31. The average Bonchev–Trinajstić information content (AvgIpc) is 3.43. The summed E-state index contributed by atoms with van der Waals surface area (Å²) in [5.41, 5.74) is 2.88. The standard InChI is InChI=1S/C27H26N4O2S/c32-34(33,23-13-12-20-8-4-5-11-22(20)18-23)31-17-14-25-24(19-31)27(30-15-6-7-16-30)29-26(28-25)21-9-2-1-3-10-21/h1-5,8-13,18H,6-7,14-17,19H2. The lowest BCUT2D eigenvalue weighted by Crippen LogP contribution is -2.38. The molecule has 6 nitrogen and oxygen atoms in total. The third kappa shape index (κ3) is 3.75. The normalized spacial score (nSPS) is 16.6. The topological polar surface area (TPSA) is 66.4 Å². The van der Waals surface area contributed by atoms with Crippen molar-refractivity contribution in [2.45, 2.75) is 30.7 Å². The van der Waals surface area contributed by atoms with Crippen LogP contribution in [0.3, 0.4) is 0 Å². The molecule has 0 N–H and O–H groups in total. The Balaban J connectivity index is 1.39. The Morgan fingerprint density at radius 1 is 0.765 bits per heavy atom. The van der Waals surface area contributed by atoms with Crippen LogP contribution in [-0.2, 0) is 23.0 Å². The lowest BCUT2D eigenvalue weighted by atomic mass is 10.1. The van der Waals surface area contributed by atoms with E-state index in [-0.39, 0.29) is 0 Å². The molecule has 2 aliphatic heterocycles. The first-order valence-electron chi connectivity index (χ1n) is 11.8. The quantitative estimate of drug-likeness (QED) is 0.435. The van der Waals surface area contributed by atoms with Gasteiger partial charge in [0.1, 0.15) is 5.82 Å². The molecule has 6 rings (SSSR count). The van der Waals surface area contributed by atoms with Gasteiger partial charge in [-0.2, -0.15) is 4.31 Å². The number of hydrogen-bond acceptors (Lipinski definition) is 5. The maximum Gasteiger partial charge on any atom is 0.243 e. The van der Waals surface area contributed by atoms with Gasteiger partial charge in [0, 0.05) is 43.7 Å². The molecule has 3 heterocycles. The molecule has 1 fully saturated rings. The smallest absolute Gasteiger partial charge is 0.243 e. The number of hydrogen-bond donors (Lipinski definition) is 0. The number of nitrogens with zero attached hydrogens (tertiary/aromatic N) is 4. The second-order valence-electron chi connectivity index (χ2n) is 8.95. The minimum atomic E-state index is -3.64. The monoisotopic (exact) mass is 470 g/mol. The van der Waals surface area contributed by atoms with Crippen LogP contribution in [0.4, 0.5) is 5.82 Å². The van der Waals surface area contributed by atoms with E-state index in [4.69, 9.17) is 9.97 Å². The highest BCUT2D eigenvalue weighted by Crippen LogP contribution is 2.33. The van der Waals surface area contributed by atoms with Gasteiger partial charge in [0.25, 0.3) is 0 Å². The van der Waals surface area contributed by atoms with E-state index in [1.807, 2.05) is 60.7 Å². The van der Waals surface area contributed by atoms with E-state index in [2.05, 4.69) is 4.90 Å². The number of rotatable bonds is 4. The van der Waals surface area contributed by atoms with Gasteiger partial charge in [-0.1, -0.05) is 60.7 Å². The molecule has 1 saturated heterocycles. The summed E-state index contributed by atoms with van der Waals surface area (Å²) in [6, 6.07) is 23.2. The lowest BCUT2D eigenvalue weighted by Gasteiger charge is -2.31. The molecular formula is C27H26N4O2S. The lowest BCUT2D eigenvalue weighted by molar-refractivity contribution is 0.387. The summed E-state index contributed by atoms with van der Waals surface area (Å²) < 4.78 is 28.9. The Morgan fingerprint density at radius 2 is 1.50 bits per heavy atom. The van der Waals surface area contributed by atoms with Crippen molar-refractivity contribution in [2.75, 3.05) is 24.5 Å². The van der Waals surface area contributed by atoms with Crippen LogP contribution in [0, 0.1) is 0 Å². The van der Waals surface area contributed by atoms with Crippen LogP contribution in [0.1, 0.15) is 24.1 Å². The largest absolute Gasteiger partial charge is 0.356 e. The Bertz CT molecular complexity index is 1470. The van der Waals surface area contributed by atoms with Crippen molar-refractivity contribution in [1.82, 2.24) is 14.3 Å². The van der Waals surface area contributed by atoms with E-state index in [0.29, 0.717) is 30.2 Å². The molecule has 3 aromatic carbocycles. The van der Waals surface area contributed by atoms with Crippen molar-refractivity contribution in [3.05, 3.63) is 84.1 Å². The van der Waals surface area contributed by atoms with Gasteiger partial charge in [0.2, 0.25) is 10.0 Å². The molecule has 172 valence electrons. The molecular weight excluding hydrogens is 444 g/mol. The van der Waals surface area contributed by atoms with Crippen molar-refractivity contribution in [2.24, 2.45) is 0 Å². The summed E-state index contributed by atoms with van der Waals surface area (Å²) >= 11 is 0. The van der Waals surface area contributed by atoms with Gasteiger partial charge in [-0.05, 0) is 35.7 Å². The SMILES string of the molecule is O=S(=O)(c1ccc2ccccc2c1)N1CCc2nc(-c3ccccc3)nc(N3CCCC3)c2C1. The highest BCUT2D eigenvalue weighted by molar-refractivity contribution is 7.89. The van der Waals surface area contributed by atoms with Crippen LogP contribution in [0.2, 0.25) is 0 Å². The number of sulfonamides is 1. The second kappa shape index (κ2) is 8.49. The zero-order chi connectivity index (χ0) is 23.1. The van der Waals surface area contributed by atoms with Crippen molar-refractivity contribution in [3.8, 4) is 11.4 Å². The molecule has 0 bridgehead atoms. The second-order valence-corrected chi connectivity index (χ2v) is 10.9. The fraction of sp³-hybridized carbons (Fsp3) is 0.259. The molecule has 0 spiro atoms. The Hall–Kier alpha value is -3.29. The third-order valence-corrected chi connectivity index (χ3v) is 8.64. The fourth-order valence-electron chi connectivity index (χ4n) is 4.96. The summed E-state index contributed by atoms with van der Waals surface area (Å²) in [5.74, 6) is 1.60. The van der Waals surface area contributed by atoms with E-state index in [1.165, 1.54) is 0 Å². The fourth-order valence-corrected chi connectivity index (χ4v) is 6.41. The van der Waals surface area contributed by atoms with Crippen molar-refractivity contribution >= 4 is 26.6 Å². The zero-order valence-electron chi connectivity index (χ0n) is 18.9. The predicted octanol–water partition coefficient (Wildman–Crippen LogP) is 4.64. The minimum absolute atomic E-state index is 0.297. The minimum Gasteiger partial charge on any atom is -0.356 e. The molecule has 7 heteroatoms. The van der Waals surface area contributed by atoms with E-state index in [0.717, 1.165) is 59.3 Å². The van der Waals surface area contributed by atoms with E-state index >= 15 is 0 Å². The highest BCUT2D eigenvalue weighted by atomic mass is 32.2. The Morgan fingerprint density at radius 3 is 2.29 bits per heavy atom. The van der Waals surface area contributed by atoms with Crippen molar-refractivity contribution < 1.29 is 8.42 Å². The van der Waals surface area contributed by atoms with E-state index in [9.17, 15) is 8.42 Å². The number of fused-ring (bicyclic) bond motifs is 2. The van der Waals surface area contributed by atoms with E-state index in [1.54, 1.807) is 16.4 Å². The van der Waals surface area contributed by atoms with Gasteiger partial charge in [-0.15, -0.1) is 0 Å². The first-order chi connectivity index (χ1) is 16.6. The third-order valence-electron chi connectivity index (χ3n) is 6.80. The molecule has 0 radical (unpaired) electrons. The first-order valence-corrected chi connectivity index (χ1v) is 13.2. The zero-order valence-corrected chi connectivity index (χ0v) is 19.7. The van der Waals surface area contributed by atoms with Crippen LogP contribution in [0.15, 0.2) is 77.7 Å². The summed E-state index contributed by atoms with van der Waals surface area (Å²) in [7, 11) is -3.64. The summed E-state index contributed by atoms with van der Waals surface area (Å²) in [5, 5.41) is 1.96. The first kappa shape index (κ1) is 21.3. The maximum atomic E-state index is 13.6. The van der Waals surface area contributed by atoms with Gasteiger partial charge < -0.3 is 4.90 Å². The molecule has 1 aromatic heterocycles. The van der Waals surface area contributed by atoms with Crippen molar-refractivity contribution in [1.29, 1.82) is 0 Å². The highest BCUT2D eigenvalue weighted by Gasteiger charge is 2.33. The van der Waals surface area contributed by atoms with Gasteiger partial charge in [-0.25, -0.2) is 18.4 Å². The maximum absolute atomic E-state index is 13.6. The molecule has 0 aliphatic carbocycles. The van der Waals surface area contributed by atoms with Crippen LogP contribution in [0.5, 0.6) is 0 Å². The summed E-state index contributed by atoms with van der Waals surface area (Å²) in [6.07, 6.45) is 2.82.